The second-order valence-electron chi connectivity index (χ2n) is 3.64. The Hall–Kier alpha value is -1.51. The van der Waals surface area contributed by atoms with Crippen molar-refractivity contribution in [3.63, 3.8) is 0 Å². The van der Waals surface area contributed by atoms with Gasteiger partial charge in [-0.15, -0.1) is 0 Å². The van der Waals surface area contributed by atoms with E-state index in [9.17, 15) is 4.79 Å². The zero-order chi connectivity index (χ0) is 11.4. The summed E-state index contributed by atoms with van der Waals surface area (Å²) in [5.41, 5.74) is 1.16. The summed E-state index contributed by atoms with van der Waals surface area (Å²) in [5, 5.41) is 8.93. The molecule has 0 aromatic heterocycles. The molecule has 0 aliphatic rings. The summed E-state index contributed by atoms with van der Waals surface area (Å²) in [4.78, 5) is 10.9. The van der Waals surface area contributed by atoms with Gasteiger partial charge in [-0.25, -0.2) is 4.79 Å². The Balaban J connectivity index is 3.02. The van der Waals surface area contributed by atoms with Gasteiger partial charge in [0.15, 0.2) is 0 Å². The highest BCUT2D eigenvalue weighted by Crippen LogP contribution is 2.19. The van der Waals surface area contributed by atoms with E-state index in [0.29, 0.717) is 12.0 Å². The molecule has 1 aromatic carbocycles. The molecule has 15 heavy (non-hydrogen) atoms. The molecule has 1 N–H and O–H groups in total. The first-order valence-corrected chi connectivity index (χ1v) is 5.07. The average Bonchev–Trinajstić information content (AvgIpc) is 2.16. The zero-order valence-corrected chi connectivity index (χ0v) is 9.28. The molecular weight excluding hydrogens is 192 g/mol. The third-order valence-corrected chi connectivity index (χ3v) is 2.06. The summed E-state index contributed by atoms with van der Waals surface area (Å²) in [7, 11) is 0. The van der Waals surface area contributed by atoms with Gasteiger partial charge in [0.2, 0.25) is 0 Å². The van der Waals surface area contributed by atoms with Crippen LogP contribution in [0.5, 0.6) is 5.75 Å². The molecule has 0 bridgehead atoms. The normalized spacial score (nSPS) is 10.4. The maximum Gasteiger partial charge on any atom is 0.335 e. The predicted octanol–water partition coefficient (Wildman–Crippen LogP) is 2.73. The Labute approximate surface area is 89.7 Å². The van der Waals surface area contributed by atoms with Crippen LogP contribution in [0.3, 0.4) is 0 Å². The summed E-state index contributed by atoms with van der Waals surface area (Å²) < 4.78 is 5.50. The summed E-state index contributed by atoms with van der Waals surface area (Å²) in [6, 6.07) is 5.09. The molecule has 0 amide bonds. The van der Waals surface area contributed by atoms with E-state index in [2.05, 4.69) is 0 Å². The molecule has 82 valence electrons. The first-order chi connectivity index (χ1) is 7.04. The van der Waals surface area contributed by atoms with E-state index in [4.69, 9.17) is 9.84 Å². The van der Waals surface area contributed by atoms with Gasteiger partial charge in [0.25, 0.3) is 0 Å². The fraction of sp³-hybridized carbons (Fsp3) is 0.417. The molecule has 0 aliphatic heterocycles. The molecule has 3 nitrogen and oxygen atoms in total. The number of ether oxygens (including phenoxy) is 1. The lowest BCUT2D eigenvalue weighted by atomic mass is 10.1. The molecule has 0 unspecified atom stereocenters. The van der Waals surface area contributed by atoms with E-state index < -0.39 is 5.97 Å². The van der Waals surface area contributed by atoms with Crippen LogP contribution < -0.4 is 4.74 Å². The van der Waals surface area contributed by atoms with E-state index >= 15 is 0 Å². The van der Waals surface area contributed by atoms with Gasteiger partial charge in [0, 0.05) is 0 Å². The van der Waals surface area contributed by atoms with Crippen molar-refractivity contribution in [2.24, 2.45) is 0 Å². The van der Waals surface area contributed by atoms with Crippen LogP contribution in [0.4, 0.5) is 0 Å². The first-order valence-electron chi connectivity index (χ1n) is 5.07. The number of hydrogen-bond donors (Lipinski definition) is 1. The van der Waals surface area contributed by atoms with Gasteiger partial charge >= 0.3 is 5.97 Å². The van der Waals surface area contributed by atoms with Crippen molar-refractivity contribution in [1.29, 1.82) is 0 Å². The second kappa shape index (κ2) is 4.82. The van der Waals surface area contributed by atoms with Crippen molar-refractivity contribution >= 4 is 5.97 Å². The monoisotopic (exact) mass is 208 g/mol. The van der Waals surface area contributed by atoms with Gasteiger partial charge in [0.05, 0.1) is 11.7 Å². The summed E-state index contributed by atoms with van der Waals surface area (Å²) in [6.45, 7) is 5.81. The highest BCUT2D eigenvalue weighted by atomic mass is 16.5. The van der Waals surface area contributed by atoms with Gasteiger partial charge in [-0.2, -0.15) is 0 Å². The van der Waals surface area contributed by atoms with E-state index in [1.807, 2.05) is 20.8 Å². The minimum absolute atomic E-state index is 0.102. The molecule has 0 aliphatic carbocycles. The zero-order valence-electron chi connectivity index (χ0n) is 9.28. The standard InChI is InChI=1S/C12H16O3/c1-4-9-7-10(15-8(2)3)5-6-11(9)12(13)14/h5-8H,4H2,1-3H3,(H,13,14). The topological polar surface area (TPSA) is 46.5 Å². The molecular formula is C12H16O3. The number of benzene rings is 1. The van der Waals surface area contributed by atoms with Crippen LogP contribution in [-0.2, 0) is 6.42 Å². The second-order valence-corrected chi connectivity index (χ2v) is 3.64. The van der Waals surface area contributed by atoms with Crippen LogP contribution in [-0.4, -0.2) is 17.2 Å². The van der Waals surface area contributed by atoms with E-state index in [-0.39, 0.29) is 6.10 Å². The molecule has 0 fully saturated rings. The fourth-order valence-corrected chi connectivity index (χ4v) is 1.42. The molecule has 1 rings (SSSR count). The van der Waals surface area contributed by atoms with Crippen molar-refractivity contribution in [3.05, 3.63) is 29.3 Å². The first kappa shape index (κ1) is 11.6. The van der Waals surface area contributed by atoms with Crippen molar-refractivity contribution in [1.82, 2.24) is 0 Å². The molecule has 0 saturated carbocycles. The van der Waals surface area contributed by atoms with Crippen molar-refractivity contribution in [3.8, 4) is 5.75 Å². The maximum atomic E-state index is 10.9. The Morgan fingerprint density at radius 1 is 1.47 bits per heavy atom. The SMILES string of the molecule is CCc1cc(OC(C)C)ccc1C(=O)O. The third kappa shape index (κ3) is 2.98. The summed E-state index contributed by atoms with van der Waals surface area (Å²) >= 11 is 0. The number of carboxylic acids is 1. The molecule has 3 heteroatoms. The molecule has 1 aromatic rings. The third-order valence-electron chi connectivity index (χ3n) is 2.06. The number of carboxylic acid groups (broad SMARTS) is 1. The number of hydrogen-bond acceptors (Lipinski definition) is 2. The Kier molecular flexibility index (Phi) is 3.72. The summed E-state index contributed by atoms with van der Waals surface area (Å²) in [5.74, 6) is -0.158. The van der Waals surface area contributed by atoms with Crippen molar-refractivity contribution in [2.75, 3.05) is 0 Å². The molecule has 0 atom stereocenters. The van der Waals surface area contributed by atoms with Crippen molar-refractivity contribution < 1.29 is 14.6 Å². The van der Waals surface area contributed by atoms with Crippen LogP contribution >= 0.6 is 0 Å². The summed E-state index contributed by atoms with van der Waals surface area (Å²) in [6.07, 6.45) is 0.794. The van der Waals surface area contributed by atoms with E-state index in [1.54, 1.807) is 18.2 Å². The molecule has 0 saturated heterocycles. The number of carbonyl (C=O) groups is 1. The molecule has 0 radical (unpaired) electrons. The lowest BCUT2D eigenvalue weighted by molar-refractivity contribution is 0.0695. The van der Waals surface area contributed by atoms with Gasteiger partial charge in [-0.05, 0) is 44.0 Å². The van der Waals surface area contributed by atoms with Crippen LogP contribution in [0.15, 0.2) is 18.2 Å². The minimum atomic E-state index is -0.886. The van der Waals surface area contributed by atoms with Crippen LogP contribution in [0, 0.1) is 0 Å². The fourth-order valence-electron chi connectivity index (χ4n) is 1.42. The highest BCUT2D eigenvalue weighted by molar-refractivity contribution is 5.89. The number of rotatable bonds is 4. The Morgan fingerprint density at radius 3 is 2.60 bits per heavy atom. The minimum Gasteiger partial charge on any atom is -0.491 e. The van der Waals surface area contributed by atoms with Crippen LogP contribution in [0.25, 0.3) is 0 Å². The largest absolute Gasteiger partial charge is 0.491 e. The van der Waals surface area contributed by atoms with E-state index in [0.717, 1.165) is 11.3 Å². The lowest BCUT2D eigenvalue weighted by Gasteiger charge is -2.11. The quantitative estimate of drug-likeness (QED) is 0.827. The molecule has 0 spiro atoms. The van der Waals surface area contributed by atoms with Gasteiger partial charge in [-0.1, -0.05) is 6.92 Å². The maximum absolute atomic E-state index is 10.9. The Bertz CT molecular complexity index is 356. The van der Waals surface area contributed by atoms with Gasteiger partial charge < -0.3 is 9.84 Å². The van der Waals surface area contributed by atoms with Crippen molar-refractivity contribution in [2.45, 2.75) is 33.3 Å². The number of aryl methyl sites for hydroxylation is 1. The van der Waals surface area contributed by atoms with Gasteiger partial charge in [-0.3, -0.25) is 0 Å². The smallest absolute Gasteiger partial charge is 0.335 e. The van der Waals surface area contributed by atoms with Crippen LogP contribution in [0.2, 0.25) is 0 Å². The predicted molar refractivity (Wildman–Crippen MR) is 58.5 cm³/mol. The van der Waals surface area contributed by atoms with Crippen LogP contribution in [0.1, 0.15) is 36.7 Å². The molecule has 0 heterocycles. The highest BCUT2D eigenvalue weighted by Gasteiger charge is 2.09. The van der Waals surface area contributed by atoms with Gasteiger partial charge in [0.1, 0.15) is 5.75 Å². The van der Waals surface area contributed by atoms with E-state index in [1.165, 1.54) is 0 Å². The average molecular weight is 208 g/mol. The Morgan fingerprint density at radius 2 is 2.13 bits per heavy atom. The number of aromatic carboxylic acids is 1. The lowest BCUT2D eigenvalue weighted by Crippen LogP contribution is -2.07.